The summed E-state index contributed by atoms with van der Waals surface area (Å²) >= 11 is 0. The molecule has 2 aromatic carbocycles. The molecule has 9 heteroatoms. The van der Waals surface area contributed by atoms with Crippen molar-refractivity contribution in [1.29, 1.82) is 0 Å². The summed E-state index contributed by atoms with van der Waals surface area (Å²) < 4.78 is 5.78. The van der Waals surface area contributed by atoms with Crippen molar-refractivity contribution >= 4 is 33.4 Å². The van der Waals surface area contributed by atoms with Gasteiger partial charge in [-0.05, 0) is 42.3 Å². The van der Waals surface area contributed by atoms with Crippen LogP contribution in [0.5, 0.6) is 0 Å². The molecule has 6 aromatic rings. The molecule has 0 aliphatic carbocycles. The van der Waals surface area contributed by atoms with Crippen molar-refractivity contribution in [3.63, 3.8) is 0 Å². The SMILES string of the molecule is O=C(CCn1c2c(c3ccccc31)CCn1c-2nc2ccccc2c1=O)NCc1nnc2ccccn12. The number of nitrogens with one attached hydrogen (secondary N) is 1. The maximum Gasteiger partial charge on any atom is 0.261 e. The van der Waals surface area contributed by atoms with Crippen LogP contribution in [0.2, 0.25) is 0 Å². The summed E-state index contributed by atoms with van der Waals surface area (Å²) in [6.45, 7) is 1.34. The highest BCUT2D eigenvalue weighted by molar-refractivity contribution is 5.92. The predicted octanol–water partition coefficient (Wildman–Crippen LogP) is 3.32. The molecule has 9 nitrogen and oxygen atoms in total. The Morgan fingerprint density at radius 2 is 1.76 bits per heavy atom. The van der Waals surface area contributed by atoms with Gasteiger partial charge in [0, 0.05) is 36.6 Å². The molecule has 1 amide bonds. The third-order valence-corrected chi connectivity index (χ3v) is 7.13. The Labute approximate surface area is 211 Å². The first-order chi connectivity index (χ1) is 18.2. The molecule has 0 spiro atoms. The van der Waals surface area contributed by atoms with Crippen LogP contribution in [0.25, 0.3) is 39.0 Å². The van der Waals surface area contributed by atoms with E-state index in [1.165, 1.54) is 5.56 Å². The largest absolute Gasteiger partial charge is 0.349 e. The quantitative estimate of drug-likeness (QED) is 0.401. The molecule has 0 atom stereocenters. The van der Waals surface area contributed by atoms with E-state index in [2.05, 4.69) is 32.2 Å². The van der Waals surface area contributed by atoms with Crippen LogP contribution in [-0.2, 0) is 30.8 Å². The van der Waals surface area contributed by atoms with Crippen molar-refractivity contribution in [2.24, 2.45) is 0 Å². The zero-order chi connectivity index (χ0) is 24.9. The van der Waals surface area contributed by atoms with Gasteiger partial charge < -0.3 is 9.88 Å². The van der Waals surface area contributed by atoms with E-state index < -0.39 is 0 Å². The van der Waals surface area contributed by atoms with Crippen LogP contribution in [0.3, 0.4) is 0 Å². The summed E-state index contributed by atoms with van der Waals surface area (Å²) in [6.07, 6.45) is 2.90. The number of aromatic nitrogens is 6. The average Bonchev–Trinajstić information content (AvgIpc) is 3.50. The lowest BCUT2D eigenvalue weighted by atomic mass is 10.0. The molecule has 4 aromatic heterocycles. The molecular weight excluding hydrogens is 466 g/mol. The van der Waals surface area contributed by atoms with Gasteiger partial charge in [-0.1, -0.05) is 36.4 Å². The lowest BCUT2D eigenvalue weighted by molar-refractivity contribution is -0.121. The Hall–Kier alpha value is -4.79. The van der Waals surface area contributed by atoms with Gasteiger partial charge in [-0.15, -0.1) is 10.2 Å². The molecule has 37 heavy (non-hydrogen) atoms. The number of hydrogen-bond donors (Lipinski definition) is 1. The third kappa shape index (κ3) is 3.42. The van der Waals surface area contributed by atoms with E-state index >= 15 is 0 Å². The highest BCUT2D eigenvalue weighted by atomic mass is 16.1. The minimum Gasteiger partial charge on any atom is -0.349 e. The van der Waals surface area contributed by atoms with Gasteiger partial charge in [0.25, 0.3) is 5.56 Å². The smallest absolute Gasteiger partial charge is 0.261 e. The van der Waals surface area contributed by atoms with Crippen LogP contribution in [0.15, 0.2) is 77.7 Å². The first-order valence-electron chi connectivity index (χ1n) is 12.3. The fourth-order valence-electron chi connectivity index (χ4n) is 5.39. The maximum atomic E-state index is 13.3. The van der Waals surface area contributed by atoms with E-state index in [0.717, 1.165) is 28.7 Å². The lowest BCUT2D eigenvalue weighted by Gasteiger charge is -2.21. The third-order valence-electron chi connectivity index (χ3n) is 7.13. The monoisotopic (exact) mass is 489 g/mol. The first kappa shape index (κ1) is 21.5. The van der Waals surface area contributed by atoms with E-state index in [1.807, 2.05) is 65.2 Å². The van der Waals surface area contributed by atoms with Crippen molar-refractivity contribution in [3.05, 3.63) is 94.7 Å². The van der Waals surface area contributed by atoms with Gasteiger partial charge >= 0.3 is 0 Å². The van der Waals surface area contributed by atoms with Crippen LogP contribution in [0, 0.1) is 0 Å². The zero-order valence-corrected chi connectivity index (χ0v) is 20.0. The average molecular weight is 490 g/mol. The van der Waals surface area contributed by atoms with Crippen LogP contribution >= 0.6 is 0 Å². The summed E-state index contributed by atoms with van der Waals surface area (Å²) in [5.74, 6) is 1.26. The van der Waals surface area contributed by atoms with Gasteiger partial charge in [0.2, 0.25) is 5.91 Å². The van der Waals surface area contributed by atoms with Crippen molar-refractivity contribution in [2.45, 2.75) is 32.5 Å². The van der Waals surface area contributed by atoms with Crippen LogP contribution < -0.4 is 10.9 Å². The number of benzene rings is 2. The number of fused-ring (bicyclic) bond motifs is 7. The number of pyridine rings is 1. The second kappa shape index (κ2) is 8.41. The molecular formula is C28H23N7O2. The first-order valence-corrected chi connectivity index (χ1v) is 12.3. The minimum absolute atomic E-state index is 0.0265. The van der Waals surface area contributed by atoms with Gasteiger partial charge in [0.05, 0.1) is 23.1 Å². The summed E-state index contributed by atoms with van der Waals surface area (Å²) in [6, 6.07) is 21.3. The van der Waals surface area contributed by atoms with Crippen molar-refractivity contribution in [2.75, 3.05) is 0 Å². The summed E-state index contributed by atoms with van der Waals surface area (Å²) in [7, 11) is 0. The molecule has 0 saturated heterocycles. The maximum absolute atomic E-state index is 13.3. The minimum atomic E-state index is -0.0844. The standard InChI is InChI=1S/C28H23N7O2/c36-25(29-17-24-32-31-23-11-5-6-14-34(23)24)13-16-33-22-10-4-2-7-18(22)19-12-15-35-27(26(19)33)30-21-9-3-1-8-20(21)28(35)37/h1-11,14H,12-13,15-17H2,(H,29,36). The van der Waals surface area contributed by atoms with Crippen molar-refractivity contribution in [3.8, 4) is 11.5 Å². The van der Waals surface area contributed by atoms with Gasteiger partial charge in [-0.3, -0.25) is 18.6 Å². The van der Waals surface area contributed by atoms with Gasteiger partial charge in [0.1, 0.15) is 0 Å². The van der Waals surface area contributed by atoms with E-state index in [4.69, 9.17) is 4.98 Å². The van der Waals surface area contributed by atoms with E-state index in [-0.39, 0.29) is 17.9 Å². The molecule has 0 unspecified atom stereocenters. The Balaban J connectivity index is 1.23. The second-order valence-corrected chi connectivity index (χ2v) is 9.23. The van der Waals surface area contributed by atoms with Gasteiger partial charge in [-0.2, -0.15) is 0 Å². The molecule has 1 aliphatic rings. The Kier molecular flexibility index (Phi) is 4.88. The number of nitrogens with zero attached hydrogens (tertiary/aromatic N) is 6. The Bertz CT molecular complexity index is 1900. The van der Waals surface area contributed by atoms with E-state index in [0.29, 0.717) is 42.2 Å². The highest BCUT2D eigenvalue weighted by Gasteiger charge is 2.27. The normalized spacial score (nSPS) is 12.6. The fraction of sp³-hybridized carbons (Fsp3) is 0.179. The lowest BCUT2D eigenvalue weighted by Crippen LogP contribution is -2.29. The van der Waals surface area contributed by atoms with Crippen molar-refractivity contribution < 1.29 is 4.79 Å². The number of para-hydroxylation sites is 2. The highest BCUT2D eigenvalue weighted by Crippen LogP contribution is 2.36. The summed E-state index contributed by atoms with van der Waals surface area (Å²) in [5.41, 5.74) is 4.54. The number of rotatable bonds is 5. The molecule has 0 radical (unpaired) electrons. The van der Waals surface area contributed by atoms with E-state index in [1.54, 1.807) is 4.57 Å². The molecule has 7 rings (SSSR count). The second-order valence-electron chi connectivity index (χ2n) is 9.23. The van der Waals surface area contributed by atoms with Crippen LogP contribution in [-0.4, -0.2) is 34.6 Å². The predicted molar refractivity (Wildman–Crippen MR) is 140 cm³/mol. The fourth-order valence-corrected chi connectivity index (χ4v) is 5.39. The number of hydrogen-bond acceptors (Lipinski definition) is 5. The van der Waals surface area contributed by atoms with Gasteiger partial charge in [-0.25, -0.2) is 4.98 Å². The number of amides is 1. The number of aryl methyl sites for hydroxylation is 2. The topological polar surface area (TPSA) is 99.1 Å². The molecule has 182 valence electrons. The van der Waals surface area contributed by atoms with Crippen LogP contribution in [0.4, 0.5) is 0 Å². The molecule has 1 N–H and O–H groups in total. The zero-order valence-electron chi connectivity index (χ0n) is 20.0. The van der Waals surface area contributed by atoms with Gasteiger partial charge in [0.15, 0.2) is 17.3 Å². The number of carbonyl (C=O) groups is 1. The van der Waals surface area contributed by atoms with E-state index in [9.17, 15) is 9.59 Å². The molecule has 5 heterocycles. The summed E-state index contributed by atoms with van der Waals surface area (Å²) in [5, 5.41) is 13.1. The van der Waals surface area contributed by atoms with Crippen molar-refractivity contribution in [1.82, 2.24) is 34.0 Å². The molecule has 0 saturated carbocycles. The Morgan fingerprint density at radius 3 is 2.68 bits per heavy atom. The summed E-state index contributed by atoms with van der Waals surface area (Å²) in [4.78, 5) is 31.1. The Morgan fingerprint density at radius 1 is 0.946 bits per heavy atom. The number of carbonyl (C=O) groups excluding carboxylic acids is 1. The molecule has 0 fully saturated rings. The van der Waals surface area contributed by atoms with Crippen LogP contribution in [0.1, 0.15) is 17.8 Å². The molecule has 1 aliphatic heterocycles. The molecule has 0 bridgehead atoms.